The fraction of sp³-hybridized carbons (Fsp3) is 0.471. The highest BCUT2D eigenvalue weighted by atomic mass is 16.2. The maximum atomic E-state index is 12.2. The van der Waals surface area contributed by atoms with E-state index in [9.17, 15) is 4.79 Å². The van der Waals surface area contributed by atoms with Gasteiger partial charge in [-0.3, -0.25) is 4.79 Å². The number of H-pyrrole nitrogens is 1. The predicted octanol–water partition coefficient (Wildman–Crippen LogP) is 1.04. The molecule has 0 radical (unpaired) electrons. The number of nitrogens with one attached hydrogen (secondary N) is 1. The number of anilines is 1. The Balaban J connectivity index is 1.67. The molecule has 1 atom stereocenters. The molecule has 1 amide bonds. The molecule has 0 aromatic carbocycles. The van der Waals surface area contributed by atoms with Crippen LogP contribution in [0.3, 0.4) is 0 Å². The molecular weight excluding hydrogens is 304 g/mol. The minimum Gasteiger partial charge on any atom is -0.354 e. The van der Waals surface area contributed by atoms with E-state index in [0.29, 0.717) is 0 Å². The Kier molecular flexibility index (Phi) is 3.93. The van der Waals surface area contributed by atoms with Gasteiger partial charge in [0.1, 0.15) is 17.8 Å². The lowest BCUT2D eigenvalue weighted by Crippen LogP contribution is -2.46. The second kappa shape index (κ2) is 6.24. The number of hydrogen-bond donors (Lipinski definition) is 2. The van der Waals surface area contributed by atoms with Crippen LogP contribution in [-0.2, 0) is 4.79 Å². The number of carbonyl (C=O) groups excluding carboxylic acids is 1. The topological polar surface area (TPSA) is 91.1 Å². The minimum absolute atomic E-state index is 0.0150. The third kappa shape index (κ3) is 2.65. The first-order valence-electron chi connectivity index (χ1n) is 8.48. The lowest BCUT2D eigenvalue weighted by atomic mass is 10.1. The Labute approximate surface area is 140 Å². The first kappa shape index (κ1) is 15.1. The van der Waals surface area contributed by atoms with E-state index in [-0.39, 0.29) is 18.5 Å². The van der Waals surface area contributed by atoms with Crippen molar-refractivity contribution in [2.75, 3.05) is 31.1 Å². The molecular formula is C17H22N6O. The Morgan fingerprint density at radius 2 is 2.29 bits per heavy atom. The molecule has 126 valence electrons. The van der Waals surface area contributed by atoms with Crippen molar-refractivity contribution in [3.05, 3.63) is 30.2 Å². The number of nitrogens with zero attached hydrogens (tertiary/aromatic N) is 4. The maximum Gasteiger partial charge on any atom is 0.237 e. The molecule has 2 aromatic heterocycles. The van der Waals surface area contributed by atoms with E-state index >= 15 is 0 Å². The number of amides is 1. The summed E-state index contributed by atoms with van der Waals surface area (Å²) in [7, 11) is 0. The van der Waals surface area contributed by atoms with Crippen LogP contribution in [0, 0.1) is 0 Å². The van der Waals surface area contributed by atoms with Crippen LogP contribution in [-0.4, -0.2) is 58.0 Å². The van der Waals surface area contributed by atoms with Crippen LogP contribution in [0.4, 0.5) is 5.82 Å². The zero-order valence-electron chi connectivity index (χ0n) is 13.6. The summed E-state index contributed by atoms with van der Waals surface area (Å²) in [4.78, 5) is 28.3. The Hall–Kier alpha value is -2.41. The lowest BCUT2D eigenvalue weighted by Gasteiger charge is -2.32. The zero-order chi connectivity index (χ0) is 16.5. The standard InChI is InChI=1S/C17H22N6O/c18-8-15(24)23-9-12-3-1-2-6-22(10-13(23)7-12)17-14-4-5-19-16(14)20-11-21-17/h4-5,7,11,13H,1-3,6,8-10,18H2,(H,19,20,21). The number of carbonyl (C=O) groups is 1. The van der Waals surface area contributed by atoms with Crippen molar-refractivity contribution in [2.45, 2.75) is 25.3 Å². The van der Waals surface area contributed by atoms with E-state index < -0.39 is 0 Å². The van der Waals surface area contributed by atoms with Gasteiger partial charge in [0.05, 0.1) is 18.0 Å². The second-order valence-corrected chi connectivity index (χ2v) is 6.46. The summed E-state index contributed by atoms with van der Waals surface area (Å²) in [5.74, 6) is 0.950. The molecule has 0 spiro atoms. The largest absolute Gasteiger partial charge is 0.354 e. The van der Waals surface area contributed by atoms with Crippen LogP contribution in [0.2, 0.25) is 0 Å². The van der Waals surface area contributed by atoms with Gasteiger partial charge in [0.25, 0.3) is 0 Å². The van der Waals surface area contributed by atoms with Crippen LogP contribution in [0.15, 0.2) is 30.2 Å². The molecule has 4 rings (SSSR count). The van der Waals surface area contributed by atoms with E-state index in [1.807, 2.05) is 17.2 Å². The van der Waals surface area contributed by atoms with Crippen molar-refractivity contribution in [3.63, 3.8) is 0 Å². The van der Waals surface area contributed by atoms with Gasteiger partial charge < -0.3 is 20.5 Å². The molecule has 0 saturated carbocycles. The van der Waals surface area contributed by atoms with E-state index in [2.05, 4.69) is 25.9 Å². The van der Waals surface area contributed by atoms with Gasteiger partial charge >= 0.3 is 0 Å². The molecule has 2 aliphatic heterocycles. The summed E-state index contributed by atoms with van der Waals surface area (Å²) < 4.78 is 0. The minimum atomic E-state index is 0.0150. The number of nitrogens with two attached hydrogens (primary N) is 1. The van der Waals surface area contributed by atoms with Crippen LogP contribution >= 0.6 is 0 Å². The molecule has 7 nitrogen and oxygen atoms in total. The molecule has 2 aliphatic rings. The van der Waals surface area contributed by atoms with Gasteiger partial charge in [0.2, 0.25) is 5.91 Å². The van der Waals surface area contributed by atoms with E-state index in [1.165, 1.54) is 5.57 Å². The molecule has 2 aromatic rings. The summed E-state index contributed by atoms with van der Waals surface area (Å²) in [6.07, 6.45) is 9.03. The number of fused-ring (bicyclic) bond motifs is 2. The highest BCUT2D eigenvalue weighted by Crippen LogP contribution is 2.28. The van der Waals surface area contributed by atoms with Crippen molar-refractivity contribution in [3.8, 4) is 0 Å². The quantitative estimate of drug-likeness (QED) is 0.805. The molecule has 7 heteroatoms. The zero-order valence-corrected chi connectivity index (χ0v) is 13.6. The number of aromatic amines is 1. The normalized spacial score (nSPS) is 21.4. The maximum absolute atomic E-state index is 12.2. The van der Waals surface area contributed by atoms with Crippen LogP contribution < -0.4 is 10.6 Å². The summed E-state index contributed by atoms with van der Waals surface area (Å²) in [6, 6.07) is 2.08. The van der Waals surface area contributed by atoms with Gasteiger partial charge in [0.15, 0.2) is 0 Å². The summed E-state index contributed by atoms with van der Waals surface area (Å²) in [6.45, 7) is 2.46. The molecule has 0 fully saturated rings. The Morgan fingerprint density at radius 3 is 3.17 bits per heavy atom. The summed E-state index contributed by atoms with van der Waals surface area (Å²) in [5, 5.41) is 1.02. The molecule has 4 heterocycles. The Bertz CT molecular complexity index is 782. The van der Waals surface area contributed by atoms with Crippen molar-refractivity contribution in [2.24, 2.45) is 5.73 Å². The van der Waals surface area contributed by atoms with Crippen molar-refractivity contribution in [1.82, 2.24) is 19.9 Å². The van der Waals surface area contributed by atoms with Crippen molar-refractivity contribution < 1.29 is 4.79 Å². The monoisotopic (exact) mass is 326 g/mol. The van der Waals surface area contributed by atoms with Crippen LogP contribution in [0.5, 0.6) is 0 Å². The fourth-order valence-corrected chi connectivity index (χ4v) is 3.73. The smallest absolute Gasteiger partial charge is 0.237 e. The first-order chi connectivity index (χ1) is 11.8. The molecule has 0 saturated heterocycles. The highest BCUT2D eigenvalue weighted by Gasteiger charge is 2.31. The van der Waals surface area contributed by atoms with Crippen molar-refractivity contribution in [1.29, 1.82) is 0 Å². The summed E-state index contributed by atoms with van der Waals surface area (Å²) in [5.41, 5.74) is 7.80. The first-order valence-corrected chi connectivity index (χ1v) is 8.48. The SMILES string of the molecule is NCC(=O)N1CC2=CC1CN(c1ncnc3[nH]ccc13)CCCC2. The molecule has 0 aliphatic carbocycles. The fourth-order valence-electron chi connectivity index (χ4n) is 3.73. The third-order valence-corrected chi connectivity index (χ3v) is 4.91. The average molecular weight is 326 g/mol. The van der Waals surface area contributed by atoms with Crippen LogP contribution in [0.25, 0.3) is 11.0 Å². The van der Waals surface area contributed by atoms with Gasteiger partial charge in [-0.25, -0.2) is 9.97 Å². The predicted molar refractivity (Wildman–Crippen MR) is 92.6 cm³/mol. The Morgan fingerprint density at radius 1 is 1.38 bits per heavy atom. The molecule has 3 N–H and O–H groups in total. The number of hydrogen-bond acceptors (Lipinski definition) is 5. The average Bonchev–Trinajstić information content (AvgIpc) is 3.25. The van der Waals surface area contributed by atoms with Gasteiger partial charge in [-0.2, -0.15) is 0 Å². The van der Waals surface area contributed by atoms with E-state index in [0.717, 1.165) is 55.7 Å². The van der Waals surface area contributed by atoms with Gasteiger partial charge in [-0.05, 0) is 25.3 Å². The third-order valence-electron chi connectivity index (χ3n) is 4.91. The second-order valence-electron chi connectivity index (χ2n) is 6.46. The van der Waals surface area contributed by atoms with Gasteiger partial charge in [-0.15, -0.1) is 0 Å². The van der Waals surface area contributed by atoms with E-state index in [4.69, 9.17) is 5.73 Å². The van der Waals surface area contributed by atoms with E-state index in [1.54, 1.807) is 6.33 Å². The highest BCUT2D eigenvalue weighted by molar-refractivity contribution is 5.87. The molecule has 2 bridgehead atoms. The van der Waals surface area contributed by atoms with Crippen LogP contribution in [0.1, 0.15) is 19.3 Å². The molecule has 24 heavy (non-hydrogen) atoms. The number of rotatable bonds is 2. The lowest BCUT2D eigenvalue weighted by molar-refractivity contribution is -0.130. The van der Waals surface area contributed by atoms with Gasteiger partial charge in [-0.1, -0.05) is 11.6 Å². The van der Waals surface area contributed by atoms with Gasteiger partial charge in [0, 0.05) is 25.8 Å². The molecule has 1 unspecified atom stereocenters. The van der Waals surface area contributed by atoms with Crippen molar-refractivity contribution >= 4 is 22.8 Å². The number of aromatic nitrogens is 3. The summed E-state index contributed by atoms with van der Waals surface area (Å²) >= 11 is 0.